The van der Waals surface area contributed by atoms with E-state index < -0.39 is 0 Å². The standard InChI is InChI=1S/C24H21N5O2S/c1-28(2)10-11-29-22(30)19-5-3-4-16-12-18(13-20(21(16)19)23(29)31)27-24(32)26-17-8-6-15(14-25)7-9-17/h3-9,12-13H,10-11H2,1-2H3,(H2,26,27,32). The maximum Gasteiger partial charge on any atom is 0.261 e. The van der Waals surface area contributed by atoms with Crippen LogP contribution < -0.4 is 10.6 Å². The summed E-state index contributed by atoms with van der Waals surface area (Å²) in [5.74, 6) is -0.580. The van der Waals surface area contributed by atoms with Gasteiger partial charge < -0.3 is 15.5 Å². The van der Waals surface area contributed by atoms with Gasteiger partial charge >= 0.3 is 0 Å². The van der Waals surface area contributed by atoms with E-state index >= 15 is 0 Å². The lowest BCUT2D eigenvalue weighted by atomic mass is 9.93. The van der Waals surface area contributed by atoms with Crippen molar-refractivity contribution in [2.75, 3.05) is 37.8 Å². The van der Waals surface area contributed by atoms with Crippen LogP contribution in [0, 0.1) is 11.3 Å². The number of nitrogens with one attached hydrogen (secondary N) is 2. The molecule has 1 heterocycles. The second-order valence-corrected chi connectivity index (χ2v) is 8.17. The number of rotatable bonds is 5. The molecule has 7 nitrogen and oxygen atoms in total. The van der Waals surface area contributed by atoms with Crippen LogP contribution in [0.3, 0.4) is 0 Å². The first-order valence-corrected chi connectivity index (χ1v) is 10.4. The molecule has 0 spiro atoms. The van der Waals surface area contributed by atoms with Crippen molar-refractivity contribution in [3.05, 3.63) is 71.3 Å². The Hall–Kier alpha value is -3.80. The molecule has 2 amide bonds. The molecule has 2 N–H and O–H groups in total. The molecule has 0 bridgehead atoms. The molecule has 4 rings (SSSR count). The average molecular weight is 444 g/mol. The SMILES string of the molecule is CN(C)CCN1C(=O)c2cccc3cc(NC(=S)Nc4ccc(C#N)cc4)cc(c23)C1=O. The van der Waals surface area contributed by atoms with Crippen LogP contribution in [0.5, 0.6) is 0 Å². The van der Waals surface area contributed by atoms with Crippen molar-refractivity contribution in [2.45, 2.75) is 0 Å². The van der Waals surface area contributed by atoms with E-state index in [-0.39, 0.29) is 11.8 Å². The largest absolute Gasteiger partial charge is 0.332 e. The van der Waals surface area contributed by atoms with Gasteiger partial charge in [0.1, 0.15) is 0 Å². The lowest BCUT2D eigenvalue weighted by Gasteiger charge is -2.28. The molecule has 8 heteroatoms. The highest BCUT2D eigenvalue weighted by Gasteiger charge is 2.33. The first-order valence-electron chi connectivity index (χ1n) is 10.0. The maximum atomic E-state index is 13.2. The number of nitriles is 1. The lowest BCUT2D eigenvalue weighted by molar-refractivity contribution is 0.0601. The predicted octanol–water partition coefficient (Wildman–Crippen LogP) is 3.68. The van der Waals surface area contributed by atoms with Gasteiger partial charge in [0.15, 0.2) is 5.11 Å². The summed E-state index contributed by atoms with van der Waals surface area (Å²) < 4.78 is 0. The molecule has 0 aromatic heterocycles. The van der Waals surface area contributed by atoms with E-state index in [1.54, 1.807) is 36.4 Å². The first kappa shape index (κ1) is 21.4. The van der Waals surface area contributed by atoms with Crippen LogP contribution in [-0.2, 0) is 0 Å². The average Bonchev–Trinajstić information content (AvgIpc) is 2.77. The van der Waals surface area contributed by atoms with Crippen molar-refractivity contribution in [2.24, 2.45) is 0 Å². The predicted molar refractivity (Wildman–Crippen MR) is 129 cm³/mol. The summed E-state index contributed by atoms with van der Waals surface area (Å²) in [5.41, 5.74) is 2.94. The van der Waals surface area contributed by atoms with Crippen molar-refractivity contribution >= 4 is 51.3 Å². The van der Waals surface area contributed by atoms with Gasteiger partial charge in [0.05, 0.1) is 17.2 Å². The molecule has 32 heavy (non-hydrogen) atoms. The summed E-state index contributed by atoms with van der Waals surface area (Å²) in [6.45, 7) is 0.899. The number of nitrogens with zero attached hydrogens (tertiary/aromatic N) is 3. The summed E-state index contributed by atoms with van der Waals surface area (Å²) in [6, 6.07) is 18.0. The van der Waals surface area contributed by atoms with Gasteiger partial charge in [-0.1, -0.05) is 12.1 Å². The molecule has 0 aliphatic carbocycles. The van der Waals surface area contributed by atoms with Crippen molar-refractivity contribution in [1.29, 1.82) is 5.26 Å². The van der Waals surface area contributed by atoms with Crippen molar-refractivity contribution in [3.8, 4) is 6.07 Å². The Morgan fingerprint density at radius 3 is 2.38 bits per heavy atom. The second kappa shape index (κ2) is 8.75. The van der Waals surface area contributed by atoms with Crippen LogP contribution in [0.4, 0.5) is 11.4 Å². The Morgan fingerprint density at radius 2 is 1.69 bits per heavy atom. The monoisotopic (exact) mass is 443 g/mol. The van der Waals surface area contributed by atoms with Gasteiger partial charge in [-0.15, -0.1) is 0 Å². The number of likely N-dealkylation sites (N-methyl/N-ethyl adjacent to an activating group) is 1. The zero-order chi connectivity index (χ0) is 22.8. The van der Waals surface area contributed by atoms with Gasteiger partial charge in [0.25, 0.3) is 11.8 Å². The minimum absolute atomic E-state index is 0.270. The third-order valence-electron chi connectivity index (χ3n) is 5.23. The fourth-order valence-corrected chi connectivity index (χ4v) is 3.89. The van der Waals surface area contributed by atoms with E-state index in [9.17, 15) is 9.59 Å². The molecule has 3 aromatic rings. The fourth-order valence-electron chi connectivity index (χ4n) is 3.65. The number of thiocarbonyl (C=S) groups is 1. The summed E-state index contributed by atoms with van der Waals surface area (Å²) in [7, 11) is 3.80. The van der Waals surface area contributed by atoms with E-state index in [1.165, 1.54) is 4.90 Å². The molecule has 1 aliphatic heterocycles. The molecule has 0 saturated carbocycles. The quantitative estimate of drug-likeness (QED) is 0.459. The van der Waals surface area contributed by atoms with Crippen LogP contribution in [0.2, 0.25) is 0 Å². The molecule has 0 fully saturated rings. The number of amides is 2. The molecule has 0 atom stereocenters. The fraction of sp³-hybridized carbons (Fsp3) is 0.167. The van der Waals surface area contributed by atoms with Gasteiger partial charge in [-0.3, -0.25) is 14.5 Å². The first-order chi connectivity index (χ1) is 15.4. The van der Waals surface area contributed by atoms with Gasteiger partial charge in [-0.25, -0.2) is 0 Å². The summed E-state index contributed by atoms with van der Waals surface area (Å²) in [6.07, 6.45) is 0. The van der Waals surface area contributed by atoms with E-state index in [0.717, 1.165) is 11.1 Å². The summed E-state index contributed by atoms with van der Waals surface area (Å²) in [4.78, 5) is 29.4. The number of anilines is 2. The Morgan fingerprint density at radius 1 is 1.00 bits per heavy atom. The third-order valence-corrected chi connectivity index (χ3v) is 5.43. The van der Waals surface area contributed by atoms with E-state index in [1.807, 2.05) is 37.2 Å². The highest BCUT2D eigenvalue weighted by atomic mass is 32.1. The van der Waals surface area contributed by atoms with Gasteiger partial charge in [-0.05, 0) is 74.2 Å². The molecule has 0 radical (unpaired) electrons. The zero-order valence-corrected chi connectivity index (χ0v) is 18.5. The Labute approximate surface area is 191 Å². The molecular formula is C24H21N5O2S. The van der Waals surface area contributed by atoms with E-state index in [4.69, 9.17) is 17.5 Å². The van der Waals surface area contributed by atoms with Crippen molar-refractivity contribution in [3.63, 3.8) is 0 Å². The van der Waals surface area contributed by atoms with Gasteiger partial charge in [0.2, 0.25) is 0 Å². The Balaban J connectivity index is 1.63. The number of carbonyl (C=O) groups excluding carboxylic acids is 2. The van der Waals surface area contributed by atoms with E-state index in [2.05, 4.69) is 16.7 Å². The van der Waals surface area contributed by atoms with Crippen LogP contribution >= 0.6 is 12.2 Å². The van der Waals surface area contributed by atoms with Crippen LogP contribution in [0.1, 0.15) is 26.3 Å². The minimum Gasteiger partial charge on any atom is -0.332 e. The number of hydrogen-bond acceptors (Lipinski definition) is 5. The Kier molecular flexibility index (Phi) is 5.86. The minimum atomic E-state index is -0.310. The molecule has 1 aliphatic rings. The topological polar surface area (TPSA) is 88.5 Å². The van der Waals surface area contributed by atoms with Crippen LogP contribution in [0.25, 0.3) is 10.8 Å². The number of benzene rings is 3. The summed E-state index contributed by atoms with van der Waals surface area (Å²) >= 11 is 5.42. The second-order valence-electron chi connectivity index (χ2n) is 7.76. The van der Waals surface area contributed by atoms with Crippen molar-refractivity contribution < 1.29 is 9.59 Å². The van der Waals surface area contributed by atoms with Gasteiger partial charge in [0, 0.05) is 35.4 Å². The van der Waals surface area contributed by atoms with E-state index in [0.29, 0.717) is 46.0 Å². The number of hydrogen-bond donors (Lipinski definition) is 2. The highest BCUT2D eigenvalue weighted by molar-refractivity contribution is 7.80. The molecule has 3 aromatic carbocycles. The van der Waals surface area contributed by atoms with Gasteiger partial charge in [-0.2, -0.15) is 5.26 Å². The zero-order valence-electron chi connectivity index (χ0n) is 17.7. The van der Waals surface area contributed by atoms with Crippen LogP contribution in [0.15, 0.2) is 54.6 Å². The highest BCUT2D eigenvalue weighted by Crippen LogP contribution is 2.32. The van der Waals surface area contributed by atoms with Crippen LogP contribution in [-0.4, -0.2) is 53.9 Å². The number of imide groups is 1. The molecule has 0 saturated heterocycles. The van der Waals surface area contributed by atoms with Crippen molar-refractivity contribution in [1.82, 2.24) is 9.80 Å². The normalized spacial score (nSPS) is 12.8. The lowest BCUT2D eigenvalue weighted by Crippen LogP contribution is -2.43. The molecule has 160 valence electrons. The third kappa shape index (κ3) is 4.17. The molecular weight excluding hydrogens is 422 g/mol. The smallest absolute Gasteiger partial charge is 0.261 e. The molecule has 0 unspecified atom stereocenters. The summed E-state index contributed by atoms with van der Waals surface area (Å²) in [5, 5.41) is 16.9. The Bertz CT molecular complexity index is 1280. The maximum absolute atomic E-state index is 13.2. The number of carbonyl (C=O) groups is 2.